The average Bonchev–Trinajstić information content (AvgIpc) is 2.17. The first-order chi connectivity index (χ1) is 7.10. The van der Waals surface area contributed by atoms with Gasteiger partial charge in [0, 0.05) is 10.7 Å². The first-order valence-corrected chi connectivity index (χ1v) is 5.40. The molecule has 2 heterocycles. The fourth-order valence-corrected chi connectivity index (χ4v) is 1.91. The third-order valence-electron chi connectivity index (χ3n) is 2.33. The van der Waals surface area contributed by atoms with E-state index in [0.717, 1.165) is 10.2 Å². The van der Waals surface area contributed by atoms with Crippen molar-refractivity contribution in [2.45, 2.75) is 12.5 Å². The molecule has 1 aliphatic rings. The highest BCUT2D eigenvalue weighted by atomic mass is 79.9. The lowest BCUT2D eigenvalue weighted by Gasteiger charge is -2.33. The number of carbonyl (C=O) groups is 1. The standard InChI is InChI=1S/C10H11BrN2O2/c1-10(6-15-5-9(14)13-10)8-4-7(11)2-3-12-8/h2-4H,5-6H2,1H3,(H,13,14). The Balaban J connectivity index is 2.32. The predicted molar refractivity (Wildman–Crippen MR) is 58.3 cm³/mol. The van der Waals surface area contributed by atoms with Crippen LogP contribution < -0.4 is 5.32 Å². The number of rotatable bonds is 1. The third-order valence-corrected chi connectivity index (χ3v) is 2.82. The van der Waals surface area contributed by atoms with E-state index in [2.05, 4.69) is 26.2 Å². The molecule has 0 spiro atoms. The highest BCUT2D eigenvalue weighted by molar-refractivity contribution is 9.10. The van der Waals surface area contributed by atoms with Gasteiger partial charge < -0.3 is 10.1 Å². The van der Waals surface area contributed by atoms with Gasteiger partial charge in [-0.15, -0.1) is 0 Å². The fraction of sp³-hybridized carbons (Fsp3) is 0.400. The smallest absolute Gasteiger partial charge is 0.246 e. The molecule has 0 aliphatic carbocycles. The minimum absolute atomic E-state index is 0.106. The molecule has 5 heteroatoms. The van der Waals surface area contributed by atoms with Gasteiger partial charge in [-0.25, -0.2) is 0 Å². The van der Waals surface area contributed by atoms with E-state index >= 15 is 0 Å². The Morgan fingerprint density at radius 2 is 2.47 bits per heavy atom. The van der Waals surface area contributed by atoms with Gasteiger partial charge in [-0.1, -0.05) is 15.9 Å². The average molecular weight is 271 g/mol. The molecular weight excluding hydrogens is 260 g/mol. The number of hydrogen-bond donors (Lipinski definition) is 1. The number of nitrogens with zero attached hydrogens (tertiary/aromatic N) is 1. The van der Waals surface area contributed by atoms with Crippen LogP contribution in [0.2, 0.25) is 0 Å². The molecule has 0 aromatic carbocycles. The van der Waals surface area contributed by atoms with E-state index < -0.39 is 5.54 Å². The molecule has 0 radical (unpaired) electrons. The first kappa shape index (κ1) is 10.6. The minimum atomic E-state index is -0.529. The highest BCUT2D eigenvalue weighted by Crippen LogP contribution is 2.23. The van der Waals surface area contributed by atoms with Gasteiger partial charge in [-0.3, -0.25) is 9.78 Å². The maximum Gasteiger partial charge on any atom is 0.246 e. The lowest BCUT2D eigenvalue weighted by Crippen LogP contribution is -2.53. The highest BCUT2D eigenvalue weighted by Gasteiger charge is 2.34. The Labute approximate surface area is 96.2 Å². The van der Waals surface area contributed by atoms with Gasteiger partial charge in [0.25, 0.3) is 0 Å². The number of morpholine rings is 1. The summed E-state index contributed by atoms with van der Waals surface area (Å²) in [7, 11) is 0. The monoisotopic (exact) mass is 270 g/mol. The minimum Gasteiger partial charge on any atom is -0.369 e. The molecule has 1 amide bonds. The van der Waals surface area contributed by atoms with Crippen molar-refractivity contribution in [3.05, 3.63) is 28.5 Å². The zero-order chi connectivity index (χ0) is 10.9. The van der Waals surface area contributed by atoms with Crippen molar-refractivity contribution in [3.8, 4) is 0 Å². The lowest BCUT2D eigenvalue weighted by molar-refractivity contribution is -0.135. The molecule has 0 bridgehead atoms. The third kappa shape index (κ3) is 2.18. The second-order valence-corrected chi connectivity index (χ2v) is 4.65. The van der Waals surface area contributed by atoms with Crippen LogP contribution >= 0.6 is 15.9 Å². The Hall–Kier alpha value is -0.940. The van der Waals surface area contributed by atoms with Gasteiger partial charge in [0.1, 0.15) is 12.1 Å². The largest absolute Gasteiger partial charge is 0.369 e. The second kappa shape index (κ2) is 3.90. The van der Waals surface area contributed by atoms with E-state index in [1.54, 1.807) is 6.20 Å². The van der Waals surface area contributed by atoms with Crippen molar-refractivity contribution < 1.29 is 9.53 Å². The Morgan fingerprint density at radius 3 is 3.13 bits per heavy atom. The second-order valence-electron chi connectivity index (χ2n) is 3.73. The first-order valence-electron chi connectivity index (χ1n) is 4.61. The molecule has 80 valence electrons. The number of pyridine rings is 1. The summed E-state index contributed by atoms with van der Waals surface area (Å²) in [4.78, 5) is 15.5. The van der Waals surface area contributed by atoms with E-state index in [4.69, 9.17) is 4.74 Å². The van der Waals surface area contributed by atoms with Crippen LogP contribution in [0.15, 0.2) is 22.8 Å². The number of aromatic nitrogens is 1. The molecule has 1 aromatic rings. The summed E-state index contributed by atoms with van der Waals surface area (Å²) in [6.07, 6.45) is 1.70. The molecule has 0 saturated carbocycles. The number of carbonyl (C=O) groups excluding carboxylic acids is 1. The van der Waals surface area contributed by atoms with Crippen molar-refractivity contribution >= 4 is 21.8 Å². The summed E-state index contributed by atoms with van der Waals surface area (Å²) in [6, 6.07) is 3.73. The van der Waals surface area contributed by atoms with Crippen LogP contribution in [0, 0.1) is 0 Å². The van der Waals surface area contributed by atoms with Gasteiger partial charge in [0.05, 0.1) is 12.3 Å². The van der Waals surface area contributed by atoms with E-state index in [1.165, 1.54) is 0 Å². The van der Waals surface area contributed by atoms with E-state index in [0.29, 0.717) is 6.61 Å². The molecule has 15 heavy (non-hydrogen) atoms. The molecule has 1 saturated heterocycles. The summed E-state index contributed by atoms with van der Waals surface area (Å²) in [5.41, 5.74) is 0.268. The van der Waals surface area contributed by atoms with Gasteiger partial charge in [-0.05, 0) is 19.1 Å². The molecule has 1 atom stereocenters. The van der Waals surface area contributed by atoms with Gasteiger partial charge in [-0.2, -0.15) is 0 Å². The summed E-state index contributed by atoms with van der Waals surface area (Å²) < 4.78 is 6.16. The van der Waals surface area contributed by atoms with Crippen LogP contribution in [0.25, 0.3) is 0 Å². The number of nitrogens with one attached hydrogen (secondary N) is 1. The Bertz CT molecular complexity index is 397. The van der Waals surface area contributed by atoms with Gasteiger partial charge >= 0.3 is 0 Å². The maximum atomic E-state index is 11.3. The number of hydrogen-bond acceptors (Lipinski definition) is 3. The van der Waals surface area contributed by atoms with Crippen LogP contribution in [0.4, 0.5) is 0 Å². The fourth-order valence-electron chi connectivity index (χ4n) is 1.57. The normalized spacial score (nSPS) is 26.1. The molecule has 1 N–H and O–H groups in total. The number of amides is 1. The zero-order valence-electron chi connectivity index (χ0n) is 8.29. The van der Waals surface area contributed by atoms with Crippen molar-refractivity contribution in [2.75, 3.05) is 13.2 Å². The van der Waals surface area contributed by atoms with Gasteiger partial charge in [0.15, 0.2) is 0 Å². The summed E-state index contributed by atoms with van der Waals surface area (Å²) in [5, 5.41) is 2.89. The van der Waals surface area contributed by atoms with Crippen LogP contribution in [0.3, 0.4) is 0 Å². The summed E-state index contributed by atoms with van der Waals surface area (Å²) >= 11 is 3.37. The molecule has 1 aromatic heterocycles. The van der Waals surface area contributed by atoms with Crippen molar-refractivity contribution in [2.24, 2.45) is 0 Å². The van der Waals surface area contributed by atoms with Crippen LogP contribution in [-0.4, -0.2) is 24.1 Å². The van der Waals surface area contributed by atoms with E-state index in [1.807, 2.05) is 19.1 Å². The number of halogens is 1. The van der Waals surface area contributed by atoms with Crippen LogP contribution in [-0.2, 0) is 15.1 Å². The molecule has 1 aliphatic heterocycles. The van der Waals surface area contributed by atoms with Crippen molar-refractivity contribution in [3.63, 3.8) is 0 Å². The predicted octanol–water partition coefficient (Wildman–Crippen LogP) is 1.21. The molecular formula is C10H11BrN2O2. The molecule has 1 unspecified atom stereocenters. The maximum absolute atomic E-state index is 11.3. The molecule has 2 rings (SSSR count). The number of ether oxygens (including phenoxy) is 1. The lowest BCUT2D eigenvalue weighted by atomic mass is 9.97. The van der Waals surface area contributed by atoms with E-state index in [9.17, 15) is 4.79 Å². The summed E-state index contributed by atoms with van der Waals surface area (Å²) in [6.45, 7) is 2.48. The topological polar surface area (TPSA) is 51.2 Å². The van der Waals surface area contributed by atoms with Crippen LogP contribution in [0.1, 0.15) is 12.6 Å². The summed E-state index contributed by atoms with van der Waals surface area (Å²) in [5.74, 6) is -0.106. The molecule has 4 nitrogen and oxygen atoms in total. The Morgan fingerprint density at radius 1 is 1.67 bits per heavy atom. The van der Waals surface area contributed by atoms with Crippen molar-refractivity contribution in [1.29, 1.82) is 0 Å². The zero-order valence-corrected chi connectivity index (χ0v) is 9.87. The van der Waals surface area contributed by atoms with Crippen LogP contribution in [0.5, 0.6) is 0 Å². The Kier molecular flexibility index (Phi) is 2.75. The SMILES string of the molecule is CC1(c2cc(Br)ccn2)COCC(=O)N1. The molecule has 1 fully saturated rings. The quantitative estimate of drug-likeness (QED) is 0.835. The van der Waals surface area contributed by atoms with E-state index in [-0.39, 0.29) is 12.5 Å². The van der Waals surface area contributed by atoms with Crippen molar-refractivity contribution in [1.82, 2.24) is 10.3 Å². The van der Waals surface area contributed by atoms with Gasteiger partial charge in [0.2, 0.25) is 5.91 Å².